The molecular weight excluding hydrogens is 254 g/mol. The van der Waals surface area contributed by atoms with Crippen molar-refractivity contribution in [1.82, 2.24) is 9.97 Å². The van der Waals surface area contributed by atoms with Crippen LogP contribution >= 0.6 is 11.6 Å². The third-order valence-electron chi connectivity index (χ3n) is 2.69. The average molecular weight is 264 g/mol. The first-order valence-electron chi connectivity index (χ1n) is 5.36. The summed E-state index contributed by atoms with van der Waals surface area (Å²) < 4.78 is 10.8. The Balaban J connectivity index is 2.03. The van der Waals surface area contributed by atoms with Gasteiger partial charge < -0.3 is 14.4 Å². The number of aromatic nitrogens is 2. The lowest BCUT2D eigenvalue weighted by Gasteiger charge is -2.19. The molecule has 0 radical (unpaired) electrons. The van der Waals surface area contributed by atoms with Gasteiger partial charge in [0.2, 0.25) is 12.1 Å². The van der Waals surface area contributed by atoms with Crippen LogP contribution < -0.4 is 14.4 Å². The monoisotopic (exact) mass is 263 g/mol. The summed E-state index contributed by atoms with van der Waals surface area (Å²) in [6.07, 6.45) is 1.61. The zero-order valence-electron chi connectivity index (χ0n) is 9.63. The van der Waals surface area contributed by atoms with Crippen LogP contribution in [0, 0.1) is 0 Å². The van der Waals surface area contributed by atoms with Crippen LogP contribution in [0.4, 0.5) is 11.5 Å². The molecule has 92 valence electrons. The first-order chi connectivity index (χ1) is 8.75. The summed E-state index contributed by atoms with van der Waals surface area (Å²) in [7, 11) is 1.88. The number of hydrogen-bond donors (Lipinski definition) is 0. The number of nitrogens with zero attached hydrogens (tertiary/aromatic N) is 3. The minimum absolute atomic E-state index is 0.212. The van der Waals surface area contributed by atoms with E-state index in [1.165, 1.54) is 0 Å². The van der Waals surface area contributed by atoms with Crippen molar-refractivity contribution in [1.29, 1.82) is 0 Å². The Bertz CT molecular complexity index is 591. The highest BCUT2D eigenvalue weighted by Crippen LogP contribution is 2.42. The van der Waals surface area contributed by atoms with Gasteiger partial charge in [-0.25, -0.2) is 9.97 Å². The maximum absolute atomic E-state index is 5.79. The molecule has 0 aliphatic carbocycles. The summed E-state index contributed by atoms with van der Waals surface area (Å²) in [5.41, 5.74) is 0.875. The molecule has 0 saturated heterocycles. The average Bonchev–Trinajstić information content (AvgIpc) is 2.86. The van der Waals surface area contributed by atoms with E-state index in [1.807, 2.05) is 30.1 Å². The van der Waals surface area contributed by atoms with Gasteiger partial charge in [-0.15, -0.1) is 0 Å². The van der Waals surface area contributed by atoms with Crippen molar-refractivity contribution in [2.45, 2.75) is 0 Å². The standard InChI is InChI=1S/C12H10ClN3O2/c1-16(10-5-6-14-12(13)15-10)8-3-2-4-9-11(8)18-7-17-9/h2-6H,7H2,1H3. The minimum Gasteiger partial charge on any atom is -0.454 e. The van der Waals surface area contributed by atoms with Gasteiger partial charge in [0.1, 0.15) is 5.82 Å². The van der Waals surface area contributed by atoms with Crippen molar-refractivity contribution in [2.75, 3.05) is 18.7 Å². The number of benzene rings is 1. The van der Waals surface area contributed by atoms with Crippen molar-refractivity contribution in [3.8, 4) is 11.5 Å². The fourth-order valence-electron chi connectivity index (χ4n) is 1.82. The second-order valence-electron chi connectivity index (χ2n) is 3.75. The number of fused-ring (bicyclic) bond motifs is 1. The predicted octanol–water partition coefficient (Wildman–Crippen LogP) is 2.63. The second-order valence-corrected chi connectivity index (χ2v) is 4.09. The molecular formula is C12H10ClN3O2. The molecule has 0 amide bonds. The van der Waals surface area contributed by atoms with E-state index in [1.54, 1.807) is 12.3 Å². The Kier molecular flexibility index (Phi) is 2.68. The lowest BCUT2D eigenvalue weighted by molar-refractivity contribution is 0.174. The number of ether oxygens (including phenoxy) is 2. The smallest absolute Gasteiger partial charge is 0.231 e. The Morgan fingerprint density at radius 3 is 3.00 bits per heavy atom. The van der Waals surface area contributed by atoms with E-state index in [0.29, 0.717) is 5.82 Å². The topological polar surface area (TPSA) is 47.5 Å². The Morgan fingerprint density at radius 1 is 1.28 bits per heavy atom. The number of hydrogen-bond acceptors (Lipinski definition) is 5. The first kappa shape index (κ1) is 11.1. The van der Waals surface area contributed by atoms with Crippen molar-refractivity contribution in [3.63, 3.8) is 0 Å². The van der Waals surface area contributed by atoms with E-state index < -0.39 is 0 Å². The lowest BCUT2D eigenvalue weighted by atomic mass is 10.2. The highest BCUT2D eigenvalue weighted by atomic mass is 35.5. The molecule has 0 N–H and O–H groups in total. The van der Waals surface area contributed by atoms with Crippen LogP contribution in [-0.2, 0) is 0 Å². The van der Waals surface area contributed by atoms with Crippen LogP contribution in [0.2, 0.25) is 5.28 Å². The lowest BCUT2D eigenvalue weighted by Crippen LogP contribution is -2.12. The minimum atomic E-state index is 0.212. The van der Waals surface area contributed by atoms with Gasteiger partial charge in [0, 0.05) is 13.2 Å². The Hall–Kier alpha value is -2.01. The molecule has 5 nitrogen and oxygen atoms in total. The third-order valence-corrected chi connectivity index (χ3v) is 2.87. The molecule has 1 aromatic heterocycles. The van der Waals surface area contributed by atoms with Gasteiger partial charge >= 0.3 is 0 Å². The normalized spacial score (nSPS) is 12.6. The second kappa shape index (κ2) is 4.34. The Morgan fingerprint density at radius 2 is 2.17 bits per heavy atom. The molecule has 1 aliphatic rings. The molecule has 1 aliphatic heterocycles. The third kappa shape index (κ3) is 1.82. The largest absolute Gasteiger partial charge is 0.454 e. The van der Waals surface area contributed by atoms with E-state index in [2.05, 4.69) is 9.97 Å². The van der Waals surface area contributed by atoms with Crippen LogP contribution in [0.1, 0.15) is 0 Å². The van der Waals surface area contributed by atoms with Gasteiger partial charge in [-0.05, 0) is 29.8 Å². The van der Waals surface area contributed by atoms with Crippen molar-refractivity contribution in [3.05, 3.63) is 35.7 Å². The SMILES string of the molecule is CN(c1ccnc(Cl)n1)c1cccc2c1OCO2. The molecule has 0 fully saturated rings. The van der Waals surface area contributed by atoms with Crippen LogP contribution in [0.25, 0.3) is 0 Å². The number of para-hydroxylation sites is 1. The maximum atomic E-state index is 5.79. The van der Waals surface area contributed by atoms with Crippen LogP contribution in [0.3, 0.4) is 0 Å². The van der Waals surface area contributed by atoms with Gasteiger partial charge in [0.25, 0.3) is 0 Å². The van der Waals surface area contributed by atoms with E-state index in [9.17, 15) is 0 Å². The molecule has 0 bridgehead atoms. The van der Waals surface area contributed by atoms with Crippen LogP contribution in [-0.4, -0.2) is 23.8 Å². The highest BCUT2D eigenvalue weighted by Gasteiger charge is 2.20. The molecule has 0 unspecified atom stereocenters. The summed E-state index contributed by atoms with van der Waals surface area (Å²) >= 11 is 5.79. The van der Waals surface area contributed by atoms with Gasteiger partial charge in [0.15, 0.2) is 11.5 Å². The molecule has 2 heterocycles. The van der Waals surface area contributed by atoms with Crippen LogP contribution in [0.5, 0.6) is 11.5 Å². The molecule has 0 saturated carbocycles. The molecule has 1 aromatic carbocycles. The predicted molar refractivity (Wildman–Crippen MR) is 67.7 cm³/mol. The van der Waals surface area contributed by atoms with Gasteiger partial charge in [-0.2, -0.15) is 0 Å². The van der Waals surface area contributed by atoms with Crippen LogP contribution in [0.15, 0.2) is 30.5 Å². The van der Waals surface area contributed by atoms with E-state index in [4.69, 9.17) is 21.1 Å². The number of rotatable bonds is 2. The summed E-state index contributed by atoms with van der Waals surface area (Å²) in [6, 6.07) is 7.49. The molecule has 2 aromatic rings. The van der Waals surface area contributed by atoms with Gasteiger partial charge in [-0.3, -0.25) is 0 Å². The van der Waals surface area contributed by atoms with Crippen molar-refractivity contribution >= 4 is 23.1 Å². The zero-order chi connectivity index (χ0) is 12.5. The summed E-state index contributed by atoms with van der Waals surface area (Å²) in [4.78, 5) is 9.89. The zero-order valence-corrected chi connectivity index (χ0v) is 10.4. The van der Waals surface area contributed by atoms with E-state index >= 15 is 0 Å². The molecule has 0 atom stereocenters. The van der Waals surface area contributed by atoms with Crippen molar-refractivity contribution < 1.29 is 9.47 Å². The van der Waals surface area contributed by atoms with Crippen molar-refractivity contribution in [2.24, 2.45) is 0 Å². The first-order valence-corrected chi connectivity index (χ1v) is 5.74. The summed E-state index contributed by atoms with van der Waals surface area (Å²) in [6.45, 7) is 0.241. The maximum Gasteiger partial charge on any atom is 0.231 e. The molecule has 0 spiro atoms. The van der Waals surface area contributed by atoms with Gasteiger partial charge in [-0.1, -0.05) is 6.07 Å². The number of halogens is 1. The fourth-order valence-corrected chi connectivity index (χ4v) is 1.96. The summed E-state index contributed by atoms with van der Waals surface area (Å²) in [5, 5.41) is 0.212. The van der Waals surface area contributed by atoms with Gasteiger partial charge in [0.05, 0.1) is 5.69 Å². The summed E-state index contributed by atoms with van der Waals surface area (Å²) in [5.74, 6) is 2.15. The fraction of sp³-hybridized carbons (Fsp3) is 0.167. The Labute approximate surface area is 109 Å². The molecule has 18 heavy (non-hydrogen) atoms. The number of anilines is 2. The van der Waals surface area contributed by atoms with E-state index in [0.717, 1.165) is 17.2 Å². The highest BCUT2D eigenvalue weighted by molar-refractivity contribution is 6.28. The molecule has 6 heteroatoms. The van der Waals surface area contributed by atoms with E-state index in [-0.39, 0.29) is 12.1 Å². The quantitative estimate of drug-likeness (QED) is 0.780. The molecule has 3 rings (SSSR count).